The first-order valence-corrected chi connectivity index (χ1v) is 6.92. The maximum atomic E-state index is 11.8. The van der Waals surface area contributed by atoms with E-state index in [1.807, 2.05) is 0 Å². The van der Waals surface area contributed by atoms with Crippen LogP contribution in [0.3, 0.4) is 0 Å². The molecular weight excluding hydrogens is 303 g/mol. The standard InChI is InChI=1S/C13H14Cl2N2O3/c14-9-3-2-8(6-10(9)15)17-11(18)7-16-13(12(19)20)4-1-5-13/h2-3,6,16H,1,4-5,7H2,(H,17,18)(H,19,20). The number of amides is 1. The van der Waals surface area contributed by atoms with Crippen LogP contribution in [0, 0.1) is 0 Å². The predicted molar refractivity (Wildman–Crippen MR) is 77.3 cm³/mol. The molecule has 0 spiro atoms. The number of aliphatic carboxylic acids is 1. The van der Waals surface area contributed by atoms with Crippen molar-refractivity contribution in [1.29, 1.82) is 0 Å². The van der Waals surface area contributed by atoms with Gasteiger partial charge in [-0.15, -0.1) is 0 Å². The van der Waals surface area contributed by atoms with Crippen LogP contribution in [-0.4, -0.2) is 29.1 Å². The van der Waals surface area contributed by atoms with Gasteiger partial charge in [0.05, 0.1) is 16.6 Å². The van der Waals surface area contributed by atoms with Crippen molar-refractivity contribution >= 4 is 40.8 Å². The highest BCUT2D eigenvalue weighted by molar-refractivity contribution is 6.42. The number of nitrogens with one attached hydrogen (secondary N) is 2. The second kappa shape index (κ2) is 5.99. The van der Waals surface area contributed by atoms with Crippen LogP contribution in [0.15, 0.2) is 18.2 Å². The highest BCUT2D eigenvalue weighted by atomic mass is 35.5. The molecule has 0 atom stereocenters. The van der Waals surface area contributed by atoms with Crippen LogP contribution in [0.1, 0.15) is 19.3 Å². The second-order valence-corrected chi connectivity index (χ2v) is 5.59. The van der Waals surface area contributed by atoms with Gasteiger partial charge in [-0.05, 0) is 37.5 Å². The quantitative estimate of drug-likeness (QED) is 0.780. The van der Waals surface area contributed by atoms with Crippen LogP contribution >= 0.6 is 23.2 Å². The number of carbonyl (C=O) groups excluding carboxylic acids is 1. The summed E-state index contributed by atoms with van der Waals surface area (Å²) in [6, 6.07) is 4.75. The first kappa shape index (κ1) is 15.1. The molecule has 1 aliphatic rings. The van der Waals surface area contributed by atoms with E-state index in [9.17, 15) is 9.59 Å². The maximum absolute atomic E-state index is 11.8. The van der Waals surface area contributed by atoms with Gasteiger partial charge in [-0.25, -0.2) is 0 Å². The Bertz CT molecular complexity index is 544. The topological polar surface area (TPSA) is 78.4 Å². The Balaban J connectivity index is 1.89. The lowest BCUT2D eigenvalue weighted by Gasteiger charge is -2.38. The Kier molecular flexibility index (Phi) is 4.52. The van der Waals surface area contributed by atoms with E-state index in [2.05, 4.69) is 10.6 Å². The Morgan fingerprint density at radius 3 is 2.45 bits per heavy atom. The molecule has 1 aromatic carbocycles. The van der Waals surface area contributed by atoms with Crippen molar-refractivity contribution < 1.29 is 14.7 Å². The van der Waals surface area contributed by atoms with Gasteiger partial charge in [0.1, 0.15) is 5.54 Å². The molecule has 3 N–H and O–H groups in total. The van der Waals surface area contributed by atoms with Crippen molar-refractivity contribution in [3.8, 4) is 0 Å². The summed E-state index contributed by atoms with van der Waals surface area (Å²) in [5.74, 6) is -1.23. The largest absolute Gasteiger partial charge is 0.480 e. The van der Waals surface area contributed by atoms with Gasteiger partial charge in [0.15, 0.2) is 0 Å². The fraction of sp³-hybridized carbons (Fsp3) is 0.385. The van der Waals surface area contributed by atoms with Crippen molar-refractivity contribution in [2.24, 2.45) is 0 Å². The summed E-state index contributed by atoms with van der Waals surface area (Å²) < 4.78 is 0. The number of anilines is 1. The summed E-state index contributed by atoms with van der Waals surface area (Å²) in [5.41, 5.74) is -0.432. The molecule has 2 rings (SSSR count). The monoisotopic (exact) mass is 316 g/mol. The van der Waals surface area contributed by atoms with Crippen molar-refractivity contribution in [2.75, 3.05) is 11.9 Å². The summed E-state index contributed by atoms with van der Waals surface area (Å²) >= 11 is 11.6. The zero-order valence-corrected chi connectivity index (χ0v) is 12.1. The molecule has 1 amide bonds. The first-order valence-electron chi connectivity index (χ1n) is 6.16. The van der Waals surface area contributed by atoms with Crippen LogP contribution in [0.4, 0.5) is 5.69 Å². The summed E-state index contributed by atoms with van der Waals surface area (Å²) in [6.07, 6.45) is 1.94. The Labute approximate surface area is 126 Å². The van der Waals surface area contributed by atoms with Crippen LogP contribution in [0.2, 0.25) is 10.0 Å². The lowest BCUT2D eigenvalue weighted by atomic mass is 9.77. The fourth-order valence-corrected chi connectivity index (χ4v) is 2.32. The fourth-order valence-electron chi connectivity index (χ4n) is 2.03. The number of halogens is 2. The molecule has 5 nitrogen and oxygen atoms in total. The van der Waals surface area contributed by atoms with Gasteiger partial charge in [-0.2, -0.15) is 0 Å². The predicted octanol–water partition coefficient (Wildman–Crippen LogP) is 2.53. The van der Waals surface area contributed by atoms with E-state index in [1.54, 1.807) is 12.1 Å². The molecule has 0 aromatic heterocycles. The van der Waals surface area contributed by atoms with Gasteiger partial charge < -0.3 is 10.4 Å². The zero-order valence-electron chi connectivity index (χ0n) is 10.6. The van der Waals surface area contributed by atoms with E-state index >= 15 is 0 Å². The lowest BCUT2D eigenvalue weighted by molar-refractivity contribution is -0.148. The van der Waals surface area contributed by atoms with Crippen molar-refractivity contribution in [3.05, 3.63) is 28.2 Å². The molecule has 0 heterocycles. The maximum Gasteiger partial charge on any atom is 0.323 e. The molecule has 1 fully saturated rings. The van der Waals surface area contributed by atoms with Crippen molar-refractivity contribution in [3.63, 3.8) is 0 Å². The summed E-state index contributed by atoms with van der Waals surface area (Å²) in [5, 5.41) is 15.3. The Morgan fingerprint density at radius 2 is 1.95 bits per heavy atom. The normalized spacial score (nSPS) is 16.3. The number of rotatable bonds is 5. The Hall–Kier alpha value is -1.30. The third-order valence-electron chi connectivity index (χ3n) is 3.41. The van der Waals surface area contributed by atoms with E-state index < -0.39 is 11.5 Å². The van der Waals surface area contributed by atoms with Crippen LogP contribution in [-0.2, 0) is 9.59 Å². The minimum Gasteiger partial charge on any atom is -0.480 e. The molecule has 1 aromatic rings. The number of carboxylic acid groups (broad SMARTS) is 1. The average molecular weight is 317 g/mol. The highest BCUT2D eigenvalue weighted by Gasteiger charge is 2.44. The summed E-state index contributed by atoms with van der Waals surface area (Å²) in [7, 11) is 0. The van der Waals surface area contributed by atoms with Gasteiger partial charge in [-0.3, -0.25) is 14.9 Å². The molecule has 20 heavy (non-hydrogen) atoms. The molecule has 1 aliphatic carbocycles. The third-order valence-corrected chi connectivity index (χ3v) is 4.15. The molecule has 1 saturated carbocycles. The van der Waals surface area contributed by atoms with E-state index in [0.717, 1.165) is 6.42 Å². The van der Waals surface area contributed by atoms with E-state index in [0.29, 0.717) is 28.6 Å². The van der Waals surface area contributed by atoms with E-state index in [1.165, 1.54) is 6.07 Å². The average Bonchev–Trinajstić information content (AvgIpc) is 2.32. The SMILES string of the molecule is O=C(CNC1(C(=O)O)CCC1)Nc1ccc(Cl)c(Cl)c1. The van der Waals surface area contributed by atoms with Gasteiger partial charge in [0, 0.05) is 5.69 Å². The van der Waals surface area contributed by atoms with Crippen LogP contribution < -0.4 is 10.6 Å². The Morgan fingerprint density at radius 1 is 1.25 bits per heavy atom. The minimum absolute atomic E-state index is 0.0630. The molecule has 0 bridgehead atoms. The highest BCUT2D eigenvalue weighted by Crippen LogP contribution is 2.31. The number of carbonyl (C=O) groups is 2. The molecule has 0 aliphatic heterocycles. The van der Waals surface area contributed by atoms with E-state index in [-0.39, 0.29) is 12.5 Å². The van der Waals surface area contributed by atoms with Gasteiger partial charge >= 0.3 is 5.97 Å². The summed E-state index contributed by atoms with van der Waals surface area (Å²) in [6.45, 7) is -0.0630. The first-order chi connectivity index (χ1) is 9.43. The van der Waals surface area contributed by atoms with Crippen molar-refractivity contribution in [2.45, 2.75) is 24.8 Å². The molecular formula is C13H14Cl2N2O3. The molecule has 7 heteroatoms. The van der Waals surface area contributed by atoms with Crippen molar-refractivity contribution in [1.82, 2.24) is 5.32 Å². The lowest BCUT2D eigenvalue weighted by Crippen LogP contribution is -2.58. The molecule has 0 radical (unpaired) electrons. The van der Waals surface area contributed by atoms with Crippen LogP contribution in [0.25, 0.3) is 0 Å². The van der Waals surface area contributed by atoms with Crippen LogP contribution in [0.5, 0.6) is 0 Å². The van der Waals surface area contributed by atoms with Gasteiger partial charge in [0.2, 0.25) is 5.91 Å². The van der Waals surface area contributed by atoms with E-state index in [4.69, 9.17) is 28.3 Å². The van der Waals surface area contributed by atoms with Gasteiger partial charge in [0.25, 0.3) is 0 Å². The minimum atomic E-state index is -0.949. The molecule has 108 valence electrons. The smallest absolute Gasteiger partial charge is 0.323 e. The van der Waals surface area contributed by atoms with Gasteiger partial charge in [-0.1, -0.05) is 23.2 Å². The number of hydrogen-bond acceptors (Lipinski definition) is 3. The second-order valence-electron chi connectivity index (χ2n) is 4.77. The molecule has 0 unspecified atom stereocenters. The number of carboxylic acids is 1. The molecule has 0 saturated heterocycles. The zero-order chi connectivity index (χ0) is 14.8. The number of hydrogen-bond donors (Lipinski definition) is 3. The summed E-state index contributed by atoms with van der Waals surface area (Å²) in [4.78, 5) is 22.9. The number of benzene rings is 1. The third kappa shape index (κ3) is 3.23.